The van der Waals surface area contributed by atoms with Gasteiger partial charge < -0.3 is 19.5 Å². The van der Waals surface area contributed by atoms with Gasteiger partial charge in [-0.3, -0.25) is 4.79 Å². The maximum atomic E-state index is 13.4. The van der Waals surface area contributed by atoms with Crippen molar-refractivity contribution in [3.63, 3.8) is 0 Å². The van der Waals surface area contributed by atoms with E-state index in [2.05, 4.69) is 5.32 Å². The van der Waals surface area contributed by atoms with Crippen LogP contribution in [-0.4, -0.2) is 19.6 Å². The maximum absolute atomic E-state index is 13.4. The Morgan fingerprint density at radius 3 is 2.56 bits per heavy atom. The van der Waals surface area contributed by atoms with Crippen LogP contribution in [0.15, 0.2) is 66.2 Å². The fourth-order valence-electron chi connectivity index (χ4n) is 3.04. The molecule has 6 nitrogen and oxygen atoms in total. The SMILES string of the molecule is CCOc1cc(/C=C(\C#N)C(=O)Nc2ccc(OC)cc2)cc(Cl)c1OCc1cccc(F)c1. The van der Waals surface area contributed by atoms with Crippen molar-refractivity contribution >= 4 is 29.3 Å². The van der Waals surface area contributed by atoms with E-state index in [1.54, 1.807) is 62.6 Å². The van der Waals surface area contributed by atoms with Crippen molar-refractivity contribution in [3.05, 3.63) is 88.2 Å². The van der Waals surface area contributed by atoms with Crippen LogP contribution in [0, 0.1) is 17.1 Å². The second kappa shape index (κ2) is 11.7. The highest BCUT2D eigenvalue weighted by Crippen LogP contribution is 2.38. The third-order valence-corrected chi connectivity index (χ3v) is 4.91. The molecule has 0 aliphatic carbocycles. The average molecular weight is 481 g/mol. The van der Waals surface area contributed by atoms with Gasteiger partial charge >= 0.3 is 0 Å². The van der Waals surface area contributed by atoms with Gasteiger partial charge in [0.1, 0.15) is 29.8 Å². The Morgan fingerprint density at radius 2 is 1.91 bits per heavy atom. The van der Waals surface area contributed by atoms with Crippen molar-refractivity contribution in [2.75, 3.05) is 19.0 Å². The number of halogens is 2. The van der Waals surface area contributed by atoms with Crippen LogP contribution < -0.4 is 19.5 Å². The average Bonchev–Trinajstić information content (AvgIpc) is 2.82. The summed E-state index contributed by atoms with van der Waals surface area (Å²) >= 11 is 6.43. The Kier molecular flexibility index (Phi) is 8.49. The predicted molar refractivity (Wildman–Crippen MR) is 129 cm³/mol. The number of nitriles is 1. The normalized spacial score (nSPS) is 10.9. The minimum absolute atomic E-state index is 0.0838. The van der Waals surface area contributed by atoms with Gasteiger partial charge in [-0.2, -0.15) is 5.26 Å². The molecule has 3 aromatic rings. The predicted octanol–water partition coefficient (Wildman–Crippen LogP) is 6.01. The van der Waals surface area contributed by atoms with E-state index in [4.69, 9.17) is 25.8 Å². The van der Waals surface area contributed by atoms with Gasteiger partial charge in [0.25, 0.3) is 5.91 Å². The van der Waals surface area contributed by atoms with Crippen LogP contribution in [0.3, 0.4) is 0 Å². The molecule has 1 amide bonds. The molecular formula is C26H22ClFN2O4. The molecule has 3 aromatic carbocycles. The minimum Gasteiger partial charge on any atom is -0.497 e. The minimum atomic E-state index is -0.576. The Morgan fingerprint density at radius 1 is 1.15 bits per heavy atom. The monoisotopic (exact) mass is 480 g/mol. The fourth-order valence-corrected chi connectivity index (χ4v) is 3.32. The van der Waals surface area contributed by atoms with Crippen LogP contribution in [0.2, 0.25) is 5.02 Å². The molecule has 0 bridgehead atoms. The smallest absolute Gasteiger partial charge is 0.266 e. The van der Waals surface area contributed by atoms with Crippen LogP contribution in [0.1, 0.15) is 18.1 Å². The molecule has 8 heteroatoms. The molecule has 0 spiro atoms. The van der Waals surface area contributed by atoms with Crippen LogP contribution in [0.25, 0.3) is 6.08 Å². The number of hydrogen-bond donors (Lipinski definition) is 1. The van der Waals surface area contributed by atoms with Gasteiger partial charge in [0.2, 0.25) is 0 Å². The number of hydrogen-bond acceptors (Lipinski definition) is 5. The topological polar surface area (TPSA) is 80.6 Å². The van der Waals surface area contributed by atoms with E-state index in [-0.39, 0.29) is 28.8 Å². The van der Waals surface area contributed by atoms with Crippen molar-refractivity contribution in [1.82, 2.24) is 0 Å². The molecule has 0 aromatic heterocycles. The third kappa shape index (κ3) is 6.50. The number of anilines is 1. The maximum Gasteiger partial charge on any atom is 0.266 e. The van der Waals surface area contributed by atoms with Crippen molar-refractivity contribution in [2.45, 2.75) is 13.5 Å². The zero-order valence-electron chi connectivity index (χ0n) is 18.6. The fraction of sp³-hybridized carbons (Fsp3) is 0.154. The molecule has 1 N–H and O–H groups in total. The van der Waals surface area contributed by atoms with Crippen molar-refractivity contribution in [3.8, 4) is 23.3 Å². The summed E-state index contributed by atoms with van der Waals surface area (Å²) in [6.07, 6.45) is 1.41. The first kappa shape index (κ1) is 24.6. The van der Waals surface area contributed by atoms with Crippen LogP contribution in [0.5, 0.6) is 17.2 Å². The Balaban J connectivity index is 1.82. The van der Waals surface area contributed by atoms with E-state index in [0.29, 0.717) is 34.9 Å². The summed E-state index contributed by atoms with van der Waals surface area (Å²) in [4.78, 5) is 12.6. The van der Waals surface area contributed by atoms with Gasteiger partial charge in [-0.1, -0.05) is 23.7 Å². The molecule has 0 unspecified atom stereocenters. The second-order valence-corrected chi connectivity index (χ2v) is 7.44. The first-order valence-corrected chi connectivity index (χ1v) is 10.7. The van der Waals surface area contributed by atoms with Gasteiger partial charge in [-0.15, -0.1) is 0 Å². The molecule has 0 aliphatic heterocycles. The van der Waals surface area contributed by atoms with E-state index in [1.165, 1.54) is 18.2 Å². The van der Waals surface area contributed by atoms with Gasteiger partial charge in [0, 0.05) is 5.69 Å². The Bertz CT molecular complexity index is 1240. The molecule has 0 heterocycles. The van der Waals surface area contributed by atoms with Gasteiger partial charge in [-0.25, -0.2) is 4.39 Å². The molecular weight excluding hydrogens is 459 g/mol. The number of carbonyl (C=O) groups is 1. The molecule has 0 saturated carbocycles. The number of amides is 1. The van der Waals surface area contributed by atoms with E-state index in [1.807, 2.05) is 6.07 Å². The van der Waals surface area contributed by atoms with E-state index in [0.717, 1.165) is 0 Å². The molecule has 0 aliphatic rings. The molecule has 3 rings (SSSR count). The summed E-state index contributed by atoms with van der Waals surface area (Å²) in [6, 6.07) is 17.8. The van der Waals surface area contributed by atoms with Crippen molar-refractivity contribution in [1.29, 1.82) is 5.26 Å². The lowest BCUT2D eigenvalue weighted by atomic mass is 10.1. The molecule has 34 heavy (non-hydrogen) atoms. The van der Waals surface area contributed by atoms with Crippen LogP contribution >= 0.6 is 11.6 Å². The number of methoxy groups -OCH3 is 1. The molecule has 174 valence electrons. The number of benzene rings is 3. The number of nitrogens with one attached hydrogen (secondary N) is 1. The van der Waals surface area contributed by atoms with Gasteiger partial charge in [0.05, 0.1) is 18.7 Å². The molecule has 0 atom stereocenters. The highest BCUT2D eigenvalue weighted by atomic mass is 35.5. The van der Waals surface area contributed by atoms with E-state index in [9.17, 15) is 14.4 Å². The lowest BCUT2D eigenvalue weighted by Crippen LogP contribution is -2.13. The van der Waals surface area contributed by atoms with Crippen LogP contribution in [0.4, 0.5) is 10.1 Å². The van der Waals surface area contributed by atoms with Crippen LogP contribution in [-0.2, 0) is 11.4 Å². The third-order valence-electron chi connectivity index (χ3n) is 4.63. The lowest BCUT2D eigenvalue weighted by Gasteiger charge is -2.15. The zero-order chi connectivity index (χ0) is 24.5. The van der Waals surface area contributed by atoms with Gasteiger partial charge in [-0.05, 0) is 72.7 Å². The highest BCUT2D eigenvalue weighted by Gasteiger charge is 2.15. The second-order valence-electron chi connectivity index (χ2n) is 7.03. The standard InChI is InChI=1S/C26H22ClFN2O4/c1-3-33-24-14-18(13-23(27)25(24)34-16-17-5-4-6-20(28)12-17)11-19(15-29)26(31)30-21-7-9-22(32-2)10-8-21/h4-14H,3,16H2,1-2H3,(H,30,31)/b19-11+. The highest BCUT2D eigenvalue weighted by molar-refractivity contribution is 6.32. The summed E-state index contributed by atoms with van der Waals surface area (Å²) < 4.78 is 30.0. The molecule has 0 saturated heterocycles. The zero-order valence-corrected chi connectivity index (χ0v) is 19.4. The Labute approximate surface area is 202 Å². The van der Waals surface area contributed by atoms with Crippen molar-refractivity contribution in [2.24, 2.45) is 0 Å². The number of ether oxygens (including phenoxy) is 3. The summed E-state index contributed by atoms with van der Waals surface area (Å²) in [5.74, 6) is 0.325. The lowest BCUT2D eigenvalue weighted by molar-refractivity contribution is -0.112. The first-order valence-electron chi connectivity index (χ1n) is 10.3. The number of carbonyl (C=O) groups excluding carboxylic acids is 1. The number of nitrogens with zero attached hydrogens (tertiary/aromatic N) is 1. The summed E-state index contributed by atoms with van der Waals surface area (Å²) in [5, 5.41) is 12.4. The van der Waals surface area contributed by atoms with E-state index >= 15 is 0 Å². The Hall–Kier alpha value is -4.02. The summed E-state index contributed by atoms with van der Waals surface area (Å²) in [5.41, 5.74) is 1.50. The summed E-state index contributed by atoms with van der Waals surface area (Å²) in [7, 11) is 1.55. The number of rotatable bonds is 9. The summed E-state index contributed by atoms with van der Waals surface area (Å²) in [6.45, 7) is 2.22. The molecule has 0 radical (unpaired) electrons. The van der Waals surface area contributed by atoms with Gasteiger partial charge in [0.15, 0.2) is 11.5 Å². The molecule has 0 fully saturated rings. The van der Waals surface area contributed by atoms with Crippen molar-refractivity contribution < 1.29 is 23.4 Å². The quantitative estimate of drug-likeness (QED) is 0.299. The largest absolute Gasteiger partial charge is 0.497 e. The van der Waals surface area contributed by atoms with E-state index < -0.39 is 5.91 Å². The first-order chi connectivity index (χ1) is 16.4.